The SMILES string of the molecule is COc1cc(/C=C2\SC(=O)N(CC(=O)N3CCCCC3)C2=O)ccc1Oc1ccc([N+](=O)[O-])cn1. The molecule has 0 radical (unpaired) electrons. The average molecular weight is 499 g/mol. The van der Waals surface area contributed by atoms with Gasteiger partial charge in [-0.2, -0.15) is 0 Å². The number of rotatable bonds is 7. The molecule has 2 fully saturated rings. The zero-order chi connectivity index (χ0) is 24.9. The number of ether oxygens (including phenoxy) is 2. The molecule has 1 aromatic carbocycles. The fourth-order valence-corrected chi connectivity index (χ4v) is 4.52. The highest BCUT2D eigenvalue weighted by molar-refractivity contribution is 8.18. The van der Waals surface area contributed by atoms with Crippen LogP contribution in [0.4, 0.5) is 10.5 Å². The van der Waals surface area contributed by atoms with Crippen LogP contribution in [0.3, 0.4) is 0 Å². The molecule has 12 heteroatoms. The van der Waals surface area contributed by atoms with Gasteiger partial charge in [0, 0.05) is 25.2 Å². The minimum Gasteiger partial charge on any atom is -0.493 e. The molecule has 3 amide bonds. The number of piperidine rings is 1. The Morgan fingerprint density at radius 3 is 2.60 bits per heavy atom. The molecule has 1 aromatic heterocycles. The number of carbonyl (C=O) groups excluding carboxylic acids is 3. The standard InChI is InChI=1S/C23H22N4O7S/c1-33-18-11-15(5-7-17(18)34-20-8-6-16(13-24-20)27(31)32)12-19-22(29)26(23(30)35-19)14-21(28)25-9-3-2-4-10-25/h5-8,11-13H,2-4,9-10,14H2,1H3/b19-12-. The van der Waals surface area contributed by atoms with Crippen LogP contribution in [0, 0.1) is 10.1 Å². The number of pyridine rings is 1. The van der Waals surface area contributed by atoms with Crippen LogP contribution in [-0.4, -0.2) is 63.5 Å². The van der Waals surface area contributed by atoms with Crippen molar-refractivity contribution in [1.29, 1.82) is 0 Å². The van der Waals surface area contributed by atoms with E-state index in [4.69, 9.17) is 9.47 Å². The highest BCUT2D eigenvalue weighted by Crippen LogP contribution is 2.36. The predicted molar refractivity (Wildman–Crippen MR) is 127 cm³/mol. The van der Waals surface area contributed by atoms with E-state index >= 15 is 0 Å². The van der Waals surface area contributed by atoms with Crippen LogP contribution in [0.25, 0.3) is 6.08 Å². The molecule has 2 aliphatic heterocycles. The summed E-state index contributed by atoms with van der Waals surface area (Å²) >= 11 is 0.780. The molecular formula is C23H22N4O7S. The molecule has 0 unspecified atom stereocenters. The Morgan fingerprint density at radius 1 is 1.17 bits per heavy atom. The average Bonchev–Trinajstić information content (AvgIpc) is 3.13. The van der Waals surface area contributed by atoms with E-state index in [0.717, 1.165) is 42.1 Å². The molecule has 35 heavy (non-hydrogen) atoms. The van der Waals surface area contributed by atoms with E-state index in [9.17, 15) is 24.5 Å². The second kappa shape index (κ2) is 10.6. The number of hydrogen-bond acceptors (Lipinski definition) is 9. The summed E-state index contributed by atoms with van der Waals surface area (Å²) in [5.74, 6) is 0.0433. The van der Waals surface area contributed by atoms with Crippen LogP contribution in [0.15, 0.2) is 41.4 Å². The number of thioether (sulfide) groups is 1. The molecule has 0 N–H and O–H groups in total. The van der Waals surface area contributed by atoms with Gasteiger partial charge in [-0.25, -0.2) is 4.98 Å². The van der Waals surface area contributed by atoms with Crippen LogP contribution in [-0.2, 0) is 9.59 Å². The Kier molecular flexibility index (Phi) is 7.30. The Bertz CT molecular complexity index is 1190. The number of carbonyl (C=O) groups is 3. The molecule has 182 valence electrons. The van der Waals surface area contributed by atoms with E-state index in [1.165, 1.54) is 19.2 Å². The minimum absolute atomic E-state index is 0.140. The van der Waals surface area contributed by atoms with E-state index in [2.05, 4.69) is 4.98 Å². The first-order valence-electron chi connectivity index (χ1n) is 10.8. The molecule has 2 aromatic rings. The monoisotopic (exact) mass is 498 g/mol. The van der Waals surface area contributed by atoms with Crippen LogP contribution in [0.1, 0.15) is 24.8 Å². The molecule has 0 spiro atoms. The Labute approximate surface area is 204 Å². The minimum atomic E-state index is -0.558. The molecule has 0 atom stereocenters. The number of amides is 3. The summed E-state index contributed by atoms with van der Waals surface area (Å²) in [6.07, 6.45) is 5.56. The van der Waals surface area contributed by atoms with Crippen molar-refractivity contribution >= 4 is 40.6 Å². The van der Waals surface area contributed by atoms with E-state index in [1.54, 1.807) is 29.2 Å². The fourth-order valence-electron chi connectivity index (χ4n) is 3.68. The predicted octanol–water partition coefficient (Wildman–Crippen LogP) is 3.84. The molecule has 0 saturated carbocycles. The summed E-state index contributed by atoms with van der Waals surface area (Å²) < 4.78 is 11.0. The van der Waals surface area contributed by atoms with Crippen molar-refractivity contribution in [2.24, 2.45) is 0 Å². The Balaban J connectivity index is 1.46. The number of imide groups is 1. The first-order valence-corrected chi connectivity index (χ1v) is 11.7. The third kappa shape index (κ3) is 5.60. The first kappa shape index (κ1) is 24.2. The van der Waals surface area contributed by atoms with E-state index < -0.39 is 16.1 Å². The quantitative estimate of drug-likeness (QED) is 0.317. The maximum Gasteiger partial charge on any atom is 0.294 e. The highest BCUT2D eigenvalue weighted by atomic mass is 32.2. The molecule has 2 saturated heterocycles. The van der Waals surface area contributed by atoms with Crippen molar-refractivity contribution in [3.8, 4) is 17.4 Å². The van der Waals surface area contributed by atoms with Gasteiger partial charge in [-0.3, -0.25) is 29.4 Å². The third-order valence-corrected chi connectivity index (χ3v) is 6.41. The van der Waals surface area contributed by atoms with Gasteiger partial charge in [0.1, 0.15) is 12.7 Å². The van der Waals surface area contributed by atoms with Gasteiger partial charge in [0.2, 0.25) is 11.8 Å². The third-order valence-electron chi connectivity index (χ3n) is 5.51. The smallest absolute Gasteiger partial charge is 0.294 e. The largest absolute Gasteiger partial charge is 0.493 e. The van der Waals surface area contributed by atoms with Gasteiger partial charge in [-0.1, -0.05) is 6.07 Å². The van der Waals surface area contributed by atoms with E-state index in [1.807, 2.05) is 0 Å². The number of aromatic nitrogens is 1. The highest BCUT2D eigenvalue weighted by Gasteiger charge is 2.37. The normalized spacial score (nSPS) is 17.1. The second-order valence-corrected chi connectivity index (χ2v) is 8.83. The van der Waals surface area contributed by atoms with Gasteiger partial charge in [-0.05, 0) is 54.8 Å². The molecule has 0 aliphatic carbocycles. The lowest BCUT2D eigenvalue weighted by atomic mass is 10.1. The molecule has 11 nitrogen and oxygen atoms in total. The Hall–Kier alpha value is -3.93. The summed E-state index contributed by atoms with van der Waals surface area (Å²) in [5.41, 5.74) is 0.421. The molecule has 4 rings (SSSR count). The first-order chi connectivity index (χ1) is 16.9. The number of likely N-dealkylation sites (tertiary alicyclic amines) is 1. The second-order valence-electron chi connectivity index (χ2n) is 7.83. The van der Waals surface area contributed by atoms with Gasteiger partial charge in [-0.15, -0.1) is 0 Å². The lowest BCUT2D eigenvalue weighted by molar-refractivity contribution is -0.385. The summed E-state index contributed by atoms with van der Waals surface area (Å²) in [7, 11) is 1.44. The maximum atomic E-state index is 12.8. The lowest BCUT2D eigenvalue weighted by Gasteiger charge is -2.27. The van der Waals surface area contributed by atoms with Crippen molar-refractivity contribution in [3.63, 3.8) is 0 Å². The van der Waals surface area contributed by atoms with E-state index in [0.29, 0.717) is 30.2 Å². The zero-order valence-electron chi connectivity index (χ0n) is 18.8. The van der Waals surface area contributed by atoms with Gasteiger partial charge in [0.15, 0.2) is 11.5 Å². The van der Waals surface area contributed by atoms with Crippen LogP contribution >= 0.6 is 11.8 Å². The number of nitrogens with zero attached hydrogens (tertiary/aromatic N) is 4. The maximum absolute atomic E-state index is 12.8. The number of nitro groups is 1. The number of benzene rings is 1. The Morgan fingerprint density at radius 2 is 1.94 bits per heavy atom. The zero-order valence-corrected chi connectivity index (χ0v) is 19.7. The summed E-state index contributed by atoms with van der Waals surface area (Å²) in [5, 5.41) is 10.3. The molecule has 2 aliphatic rings. The molecule has 3 heterocycles. The van der Waals surface area contributed by atoms with E-state index in [-0.39, 0.29) is 28.9 Å². The molecular weight excluding hydrogens is 476 g/mol. The van der Waals surface area contributed by atoms with Crippen molar-refractivity contribution in [1.82, 2.24) is 14.8 Å². The van der Waals surface area contributed by atoms with Gasteiger partial charge >= 0.3 is 0 Å². The molecule has 0 bridgehead atoms. The van der Waals surface area contributed by atoms with Gasteiger partial charge < -0.3 is 14.4 Å². The fraction of sp³-hybridized carbons (Fsp3) is 0.304. The summed E-state index contributed by atoms with van der Waals surface area (Å²) in [6.45, 7) is 1.03. The number of hydrogen-bond donors (Lipinski definition) is 0. The van der Waals surface area contributed by atoms with Crippen LogP contribution in [0.2, 0.25) is 0 Å². The van der Waals surface area contributed by atoms with Crippen molar-refractivity contribution in [3.05, 3.63) is 57.1 Å². The van der Waals surface area contributed by atoms with Crippen LogP contribution < -0.4 is 9.47 Å². The van der Waals surface area contributed by atoms with Crippen molar-refractivity contribution in [2.75, 3.05) is 26.7 Å². The topological polar surface area (TPSA) is 132 Å². The number of methoxy groups -OCH3 is 1. The van der Waals surface area contributed by atoms with Gasteiger partial charge in [0.25, 0.3) is 16.8 Å². The van der Waals surface area contributed by atoms with Crippen molar-refractivity contribution < 1.29 is 28.8 Å². The summed E-state index contributed by atoms with van der Waals surface area (Å²) in [4.78, 5) is 54.7. The van der Waals surface area contributed by atoms with Gasteiger partial charge in [0.05, 0.1) is 16.9 Å². The van der Waals surface area contributed by atoms with Crippen LogP contribution in [0.5, 0.6) is 17.4 Å². The van der Waals surface area contributed by atoms with Crippen molar-refractivity contribution in [2.45, 2.75) is 19.3 Å². The lowest BCUT2D eigenvalue weighted by Crippen LogP contribution is -2.44. The summed E-state index contributed by atoms with van der Waals surface area (Å²) in [6, 6.07) is 7.52.